The van der Waals surface area contributed by atoms with Crippen LogP contribution in [0.15, 0.2) is 0 Å². The van der Waals surface area contributed by atoms with Crippen molar-refractivity contribution >= 4 is 11.8 Å². The highest BCUT2D eigenvalue weighted by molar-refractivity contribution is 7.98. The van der Waals surface area contributed by atoms with Gasteiger partial charge in [0.15, 0.2) is 0 Å². The Kier molecular flexibility index (Phi) is 3.17. The van der Waals surface area contributed by atoms with Gasteiger partial charge in [0.2, 0.25) is 0 Å². The number of hydrogen-bond donors (Lipinski definition) is 0. The predicted molar refractivity (Wildman–Crippen MR) is 57.3 cm³/mol. The van der Waals surface area contributed by atoms with E-state index in [-0.39, 0.29) is 0 Å². The summed E-state index contributed by atoms with van der Waals surface area (Å²) in [4.78, 5) is 2.60. The number of ether oxygens (including phenoxy) is 1. The van der Waals surface area contributed by atoms with Gasteiger partial charge >= 0.3 is 0 Å². The average molecular weight is 201 g/mol. The van der Waals surface area contributed by atoms with Crippen LogP contribution in [0.1, 0.15) is 19.8 Å². The largest absolute Gasteiger partial charge is 0.372 e. The molecule has 2 bridgehead atoms. The molecule has 0 aliphatic carbocycles. The molecular weight excluding hydrogens is 182 g/mol. The molecule has 0 aromatic carbocycles. The Balaban J connectivity index is 1.87. The minimum absolute atomic E-state index is 0.544. The second kappa shape index (κ2) is 4.20. The molecule has 0 amide bonds. The minimum Gasteiger partial charge on any atom is -0.372 e. The second-order valence-corrected chi connectivity index (χ2v) is 5.13. The van der Waals surface area contributed by atoms with Gasteiger partial charge in [-0.25, -0.2) is 0 Å². The van der Waals surface area contributed by atoms with Crippen molar-refractivity contribution in [3.05, 3.63) is 0 Å². The normalized spacial score (nSPS) is 36.5. The van der Waals surface area contributed by atoms with E-state index in [9.17, 15) is 0 Å². The maximum Gasteiger partial charge on any atom is 0.0707 e. The van der Waals surface area contributed by atoms with Crippen molar-refractivity contribution in [2.24, 2.45) is 0 Å². The predicted octanol–water partition coefficient (Wildman–Crippen LogP) is 1.60. The van der Waals surface area contributed by atoms with E-state index in [1.165, 1.54) is 18.6 Å². The van der Waals surface area contributed by atoms with Crippen LogP contribution in [0.25, 0.3) is 0 Å². The fraction of sp³-hybridized carbons (Fsp3) is 1.00. The van der Waals surface area contributed by atoms with Crippen LogP contribution >= 0.6 is 11.8 Å². The lowest BCUT2D eigenvalue weighted by Crippen LogP contribution is -2.47. The molecule has 0 saturated carbocycles. The zero-order valence-corrected chi connectivity index (χ0v) is 9.35. The molecule has 0 N–H and O–H groups in total. The Morgan fingerprint density at radius 3 is 2.54 bits per heavy atom. The van der Waals surface area contributed by atoms with Crippen LogP contribution in [-0.2, 0) is 4.74 Å². The summed E-state index contributed by atoms with van der Waals surface area (Å²) in [6.07, 6.45) is 5.84. The number of nitrogens with zero attached hydrogens (tertiary/aromatic N) is 1. The molecule has 2 nitrogen and oxygen atoms in total. The second-order valence-electron chi connectivity index (χ2n) is 4.22. The van der Waals surface area contributed by atoms with Gasteiger partial charge in [-0.3, -0.25) is 4.90 Å². The van der Waals surface area contributed by atoms with Crippen molar-refractivity contribution in [2.45, 2.75) is 38.0 Å². The summed E-state index contributed by atoms with van der Waals surface area (Å²) in [7, 11) is 0. The van der Waals surface area contributed by atoms with Gasteiger partial charge in [0, 0.05) is 24.9 Å². The summed E-state index contributed by atoms with van der Waals surface area (Å²) in [5, 5.41) is 0. The molecule has 0 radical (unpaired) electrons. The zero-order valence-electron chi connectivity index (χ0n) is 8.53. The van der Waals surface area contributed by atoms with E-state index < -0.39 is 0 Å². The maximum atomic E-state index is 5.81. The first-order valence-corrected chi connectivity index (χ1v) is 6.57. The lowest BCUT2D eigenvalue weighted by molar-refractivity contribution is -0.0474. The fourth-order valence-corrected chi connectivity index (χ4v) is 3.05. The highest BCUT2D eigenvalue weighted by atomic mass is 32.2. The zero-order chi connectivity index (χ0) is 9.26. The third-order valence-corrected chi connectivity index (χ3v) is 3.92. The molecule has 0 spiro atoms. The van der Waals surface area contributed by atoms with Gasteiger partial charge in [-0.1, -0.05) is 0 Å². The molecule has 2 saturated heterocycles. The van der Waals surface area contributed by atoms with Crippen LogP contribution in [0.4, 0.5) is 0 Å². The maximum absolute atomic E-state index is 5.81. The summed E-state index contributed by atoms with van der Waals surface area (Å²) < 4.78 is 5.81. The van der Waals surface area contributed by atoms with Crippen LogP contribution in [0.5, 0.6) is 0 Å². The van der Waals surface area contributed by atoms with Gasteiger partial charge in [-0.05, 0) is 26.0 Å². The molecule has 3 atom stereocenters. The topological polar surface area (TPSA) is 12.5 Å². The first-order valence-electron chi connectivity index (χ1n) is 5.18. The smallest absolute Gasteiger partial charge is 0.0707 e. The molecule has 3 unspecified atom stereocenters. The van der Waals surface area contributed by atoms with Gasteiger partial charge < -0.3 is 4.74 Å². The van der Waals surface area contributed by atoms with E-state index in [0.717, 1.165) is 19.1 Å². The molecule has 2 heterocycles. The number of rotatable bonds is 3. The van der Waals surface area contributed by atoms with Crippen molar-refractivity contribution in [3.63, 3.8) is 0 Å². The standard InChI is InChI=1S/C10H19NOS/c1-8(7-13-2)11-5-9-3-4-10(6-11)12-9/h8-10H,3-7H2,1-2H3. The molecule has 0 aromatic heterocycles. The van der Waals surface area contributed by atoms with Crippen molar-refractivity contribution in [1.29, 1.82) is 0 Å². The Morgan fingerprint density at radius 1 is 1.38 bits per heavy atom. The number of hydrogen-bond acceptors (Lipinski definition) is 3. The number of morpholine rings is 1. The van der Waals surface area contributed by atoms with Gasteiger partial charge in [-0.15, -0.1) is 0 Å². The number of likely N-dealkylation sites (tertiary alicyclic amines) is 1. The van der Waals surface area contributed by atoms with Gasteiger partial charge in [0.1, 0.15) is 0 Å². The third-order valence-electron chi connectivity index (χ3n) is 3.10. The van der Waals surface area contributed by atoms with Crippen LogP contribution in [0, 0.1) is 0 Å². The lowest BCUT2D eigenvalue weighted by Gasteiger charge is -2.36. The number of fused-ring (bicyclic) bond motifs is 2. The lowest BCUT2D eigenvalue weighted by atomic mass is 10.2. The van der Waals surface area contributed by atoms with Crippen LogP contribution in [0.2, 0.25) is 0 Å². The third kappa shape index (κ3) is 2.20. The molecule has 2 fully saturated rings. The van der Waals surface area contributed by atoms with E-state index in [1.807, 2.05) is 11.8 Å². The highest BCUT2D eigenvalue weighted by Crippen LogP contribution is 2.27. The Labute approximate surface area is 85.0 Å². The van der Waals surface area contributed by atoms with Crippen LogP contribution < -0.4 is 0 Å². The van der Waals surface area contributed by atoms with Crippen molar-refractivity contribution in [2.75, 3.05) is 25.1 Å². The monoisotopic (exact) mass is 201 g/mol. The van der Waals surface area contributed by atoms with E-state index >= 15 is 0 Å². The Bertz CT molecular complexity index is 164. The van der Waals surface area contributed by atoms with Crippen molar-refractivity contribution < 1.29 is 4.74 Å². The Hall–Kier alpha value is 0.270. The fourth-order valence-electron chi connectivity index (χ4n) is 2.35. The van der Waals surface area contributed by atoms with Crippen molar-refractivity contribution in [3.8, 4) is 0 Å². The van der Waals surface area contributed by atoms with Crippen LogP contribution in [-0.4, -0.2) is 48.2 Å². The quantitative estimate of drug-likeness (QED) is 0.688. The molecule has 0 aromatic rings. The molecule has 2 aliphatic heterocycles. The molecular formula is C10H19NOS. The van der Waals surface area contributed by atoms with E-state index in [0.29, 0.717) is 12.2 Å². The van der Waals surface area contributed by atoms with Gasteiger partial charge in [-0.2, -0.15) is 11.8 Å². The summed E-state index contributed by atoms with van der Waals surface area (Å²) in [5.41, 5.74) is 0. The summed E-state index contributed by atoms with van der Waals surface area (Å²) >= 11 is 1.94. The Morgan fingerprint density at radius 2 is 2.00 bits per heavy atom. The average Bonchev–Trinajstić information content (AvgIpc) is 2.46. The van der Waals surface area contributed by atoms with Gasteiger partial charge in [0.05, 0.1) is 12.2 Å². The molecule has 76 valence electrons. The first-order chi connectivity index (χ1) is 6.29. The summed E-state index contributed by atoms with van der Waals surface area (Å²) in [6, 6.07) is 0.724. The first kappa shape index (κ1) is 9.81. The van der Waals surface area contributed by atoms with Crippen molar-refractivity contribution in [1.82, 2.24) is 4.90 Å². The van der Waals surface area contributed by atoms with E-state index in [1.54, 1.807) is 0 Å². The highest BCUT2D eigenvalue weighted by Gasteiger charge is 2.34. The minimum atomic E-state index is 0.544. The molecule has 2 rings (SSSR count). The van der Waals surface area contributed by atoms with E-state index in [2.05, 4.69) is 18.1 Å². The van der Waals surface area contributed by atoms with E-state index in [4.69, 9.17) is 4.74 Å². The van der Waals surface area contributed by atoms with Crippen LogP contribution in [0.3, 0.4) is 0 Å². The molecule has 13 heavy (non-hydrogen) atoms. The number of thioether (sulfide) groups is 1. The summed E-state index contributed by atoms with van der Waals surface area (Å²) in [5.74, 6) is 1.25. The SMILES string of the molecule is CSCC(C)N1CC2CCC(C1)O2. The summed E-state index contributed by atoms with van der Waals surface area (Å²) in [6.45, 7) is 4.66. The molecule has 3 heteroatoms. The molecule has 2 aliphatic rings. The van der Waals surface area contributed by atoms with Gasteiger partial charge in [0.25, 0.3) is 0 Å².